The number of hydrogen-bond donors (Lipinski definition) is 0. The highest BCUT2D eigenvalue weighted by Gasteiger charge is 2.24. The van der Waals surface area contributed by atoms with Crippen LogP contribution in [0.5, 0.6) is 0 Å². The van der Waals surface area contributed by atoms with Crippen molar-refractivity contribution in [2.24, 2.45) is 0 Å². The van der Waals surface area contributed by atoms with Crippen molar-refractivity contribution in [1.29, 1.82) is 0 Å². The summed E-state index contributed by atoms with van der Waals surface area (Å²) in [5.41, 5.74) is 4.62. The summed E-state index contributed by atoms with van der Waals surface area (Å²) >= 11 is 20.5. The van der Waals surface area contributed by atoms with Gasteiger partial charge < -0.3 is 0 Å². The number of aromatic nitrogens is 4. The number of hydrogen-bond acceptors (Lipinski definition) is 4. The number of nitrogens with zero attached hydrogens (tertiary/aromatic N) is 4. The van der Waals surface area contributed by atoms with E-state index in [0.717, 1.165) is 51.1 Å². The first-order valence-electron chi connectivity index (χ1n) is 10.1. The van der Waals surface area contributed by atoms with Crippen molar-refractivity contribution < 1.29 is 0 Å². The largest absolute Gasteiger partial charge is 0.231 e. The average Bonchev–Trinajstić information content (AvgIpc) is 3.38. The highest BCUT2D eigenvalue weighted by molar-refractivity contribution is 7.14. The van der Waals surface area contributed by atoms with Crippen LogP contribution in [0, 0.1) is 0 Å². The van der Waals surface area contributed by atoms with Gasteiger partial charge in [-0.3, -0.25) is 0 Å². The van der Waals surface area contributed by atoms with E-state index in [9.17, 15) is 0 Å². The summed E-state index contributed by atoms with van der Waals surface area (Å²) in [6.07, 6.45) is 1.79. The molecule has 160 valence electrons. The monoisotopic (exact) mass is 490 g/mol. The maximum atomic E-state index is 6.57. The van der Waals surface area contributed by atoms with Gasteiger partial charge in [-0.2, -0.15) is 5.10 Å². The van der Waals surface area contributed by atoms with Crippen LogP contribution in [0.1, 0.15) is 43.7 Å². The van der Waals surface area contributed by atoms with E-state index >= 15 is 0 Å². The summed E-state index contributed by atoms with van der Waals surface area (Å²) in [6, 6.07) is 13.2. The fraction of sp³-hybridized carbons (Fsp3) is 0.261. The molecule has 2 heterocycles. The number of benzene rings is 2. The lowest BCUT2D eigenvalue weighted by atomic mass is 10.0. The molecule has 0 N–H and O–H groups in total. The molecular weight excluding hydrogens is 471 g/mol. The molecule has 0 saturated carbocycles. The van der Waals surface area contributed by atoms with Crippen LogP contribution in [0.25, 0.3) is 27.6 Å². The van der Waals surface area contributed by atoms with Crippen LogP contribution in [0.3, 0.4) is 0 Å². The Kier molecular flexibility index (Phi) is 6.68. The van der Waals surface area contributed by atoms with E-state index in [-0.39, 0.29) is 0 Å². The van der Waals surface area contributed by atoms with E-state index < -0.39 is 0 Å². The maximum Gasteiger partial charge on any atom is 0.168 e. The van der Waals surface area contributed by atoms with Gasteiger partial charge in [0.1, 0.15) is 10.7 Å². The molecule has 4 rings (SSSR count). The molecule has 2 aromatic carbocycles. The first-order valence-corrected chi connectivity index (χ1v) is 12.0. The molecule has 0 amide bonds. The molecule has 8 heteroatoms. The van der Waals surface area contributed by atoms with Crippen LogP contribution < -0.4 is 0 Å². The van der Waals surface area contributed by atoms with Crippen LogP contribution in [0.2, 0.25) is 15.1 Å². The summed E-state index contributed by atoms with van der Waals surface area (Å²) in [6.45, 7) is 6.43. The molecular formula is C23H21Cl3N4S. The van der Waals surface area contributed by atoms with E-state index in [4.69, 9.17) is 39.9 Å². The van der Waals surface area contributed by atoms with Crippen LogP contribution in [-0.2, 0) is 6.42 Å². The Morgan fingerprint density at radius 3 is 2.32 bits per heavy atom. The number of halogens is 3. The van der Waals surface area contributed by atoms with E-state index in [2.05, 4.69) is 31.0 Å². The third kappa shape index (κ3) is 4.37. The van der Waals surface area contributed by atoms with E-state index in [1.807, 2.05) is 41.1 Å². The first kappa shape index (κ1) is 22.3. The Labute approximate surface area is 200 Å². The third-order valence-corrected chi connectivity index (χ3v) is 7.22. The molecule has 31 heavy (non-hydrogen) atoms. The Hall–Kier alpha value is -1.92. The van der Waals surface area contributed by atoms with Crippen molar-refractivity contribution in [2.45, 2.75) is 39.5 Å². The predicted octanol–water partition coefficient (Wildman–Crippen LogP) is 8.09. The first-order chi connectivity index (χ1) is 14.9. The summed E-state index contributed by atoms with van der Waals surface area (Å²) in [7, 11) is 0. The summed E-state index contributed by atoms with van der Waals surface area (Å²) in [4.78, 5) is 0. The molecule has 0 spiro atoms. The molecule has 0 aliphatic carbocycles. The van der Waals surface area contributed by atoms with Gasteiger partial charge in [-0.1, -0.05) is 79.0 Å². The zero-order valence-corrected chi connectivity index (χ0v) is 20.4. The Morgan fingerprint density at radius 2 is 1.68 bits per heavy atom. The Morgan fingerprint density at radius 1 is 0.968 bits per heavy atom. The molecule has 4 aromatic rings. The van der Waals surface area contributed by atoms with Crippen molar-refractivity contribution >= 4 is 46.1 Å². The van der Waals surface area contributed by atoms with Gasteiger partial charge in [0, 0.05) is 27.1 Å². The van der Waals surface area contributed by atoms with Gasteiger partial charge in [-0.25, -0.2) is 4.68 Å². The average molecular weight is 492 g/mol. The molecule has 0 saturated heterocycles. The Bertz CT molecular complexity index is 1210. The van der Waals surface area contributed by atoms with Crippen molar-refractivity contribution in [3.05, 3.63) is 68.1 Å². The SMILES string of the molecule is CCc1c(-c2nnc(C(C)CC)s2)nn(-c2ccc(Cl)cc2Cl)c1-c1ccc(Cl)cc1. The van der Waals surface area contributed by atoms with Gasteiger partial charge in [0.2, 0.25) is 0 Å². The van der Waals surface area contributed by atoms with E-state index in [1.165, 1.54) is 0 Å². The van der Waals surface area contributed by atoms with Gasteiger partial charge in [-0.15, -0.1) is 10.2 Å². The molecule has 0 aliphatic rings. The fourth-order valence-corrected chi connectivity index (χ4v) is 5.00. The normalized spacial score (nSPS) is 12.3. The van der Waals surface area contributed by atoms with Crippen molar-refractivity contribution in [3.8, 4) is 27.6 Å². The van der Waals surface area contributed by atoms with Crippen molar-refractivity contribution in [2.75, 3.05) is 0 Å². The highest BCUT2D eigenvalue weighted by atomic mass is 35.5. The zero-order chi connectivity index (χ0) is 22.1. The van der Waals surface area contributed by atoms with Gasteiger partial charge in [0.25, 0.3) is 0 Å². The zero-order valence-electron chi connectivity index (χ0n) is 17.4. The number of rotatable bonds is 6. The van der Waals surface area contributed by atoms with Crippen molar-refractivity contribution in [3.63, 3.8) is 0 Å². The molecule has 0 bridgehead atoms. The topological polar surface area (TPSA) is 43.6 Å². The summed E-state index contributed by atoms with van der Waals surface area (Å²) in [5, 5.41) is 17.5. The Balaban J connectivity index is 1.97. The third-order valence-electron chi connectivity index (χ3n) is 5.27. The summed E-state index contributed by atoms with van der Waals surface area (Å²) in [5.74, 6) is 0.361. The molecule has 1 unspecified atom stereocenters. The van der Waals surface area contributed by atoms with Crippen LogP contribution in [0.15, 0.2) is 42.5 Å². The van der Waals surface area contributed by atoms with Crippen LogP contribution >= 0.6 is 46.1 Å². The molecule has 0 fully saturated rings. The molecule has 0 radical (unpaired) electrons. The maximum absolute atomic E-state index is 6.57. The van der Waals surface area contributed by atoms with E-state index in [0.29, 0.717) is 21.0 Å². The van der Waals surface area contributed by atoms with Gasteiger partial charge >= 0.3 is 0 Å². The minimum atomic E-state index is 0.361. The predicted molar refractivity (Wildman–Crippen MR) is 131 cm³/mol. The molecule has 1 atom stereocenters. The fourth-order valence-electron chi connectivity index (χ4n) is 3.39. The second-order valence-electron chi connectivity index (χ2n) is 7.30. The molecule has 0 aliphatic heterocycles. The second-order valence-corrected chi connectivity index (χ2v) is 9.59. The van der Waals surface area contributed by atoms with E-state index in [1.54, 1.807) is 17.4 Å². The lowest BCUT2D eigenvalue weighted by Crippen LogP contribution is -2.01. The quantitative estimate of drug-likeness (QED) is 0.274. The molecule has 4 nitrogen and oxygen atoms in total. The van der Waals surface area contributed by atoms with Crippen molar-refractivity contribution in [1.82, 2.24) is 20.0 Å². The lowest BCUT2D eigenvalue weighted by Gasteiger charge is -2.11. The van der Waals surface area contributed by atoms with Gasteiger partial charge in [0.05, 0.1) is 16.4 Å². The smallest absolute Gasteiger partial charge is 0.168 e. The highest BCUT2D eigenvalue weighted by Crippen LogP contribution is 2.38. The van der Waals surface area contributed by atoms with Crippen LogP contribution in [0.4, 0.5) is 0 Å². The summed E-state index contributed by atoms with van der Waals surface area (Å²) < 4.78 is 1.88. The minimum Gasteiger partial charge on any atom is -0.231 e. The lowest BCUT2D eigenvalue weighted by molar-refractivity contribution is 0.715. The van der Waals surface area contributed by atoms with Gasteiger partial charge in [0.15, 0.2) is 5.01 Å². The minimum absolute atomic E-state index is 0.361. The molecule has 2 aromatic heterocycles. The second kappa shape index (κ2) is 9.29. The standard InChI is InChI=1S/C23H21Cl3N4S/c1-4-13(3)22-27-28-23(31-22)20-17(5-2)21(14-6-8-15(24)9-7-14)30(29-20)19-11-10-16(25)12-18(19)26/h6-13H,4-5H2,1-3H3. The van der Waals surface area contributed by atoms with Gasteiger partial charge in [-0.05, 0) is 43.2 Å². The van der Waals surface area contributed by atoms with Crippen LogP contribution in [-0.4, -0.2) is 20.0 Å².